The molecule has 0 radical (unpaired) electrons. The summed E-state index contributed by atoms with van der Waals surface area (Å²) in [6.45, 7) is 0. The van der Waals surface area contributed by atoms with Gasteiger partial charge in [-0.3, -0.25) is 4.90 Å². The van der Waals surface area contributed by atoms with Crippen LogP contribution in [0.1, 0.15) is 27.5 Å². The van der Waals surface area contributed by atoms with Gasteiger partial charge in [0.15, 0.2) is 0 Å². The average molecular weight is 334 g/mol. The zero-order chi connectivity index (χ0) is 14.7. The minimum atomic E-state index is -0.906. The molecule has 0 aromatic heterocycles. The lowest BCUT2D eigenvalue weighted by Crippen LogP contribution is -2.21. The summed E-state index contributed by atoms with van der Waals surface area (Å²) in [6, 6.07) is 15.1. The SMILES string of the molecule is CN(C)C(c1cccc(C(=O)O)c1)c1ccccc1Br. The molecule has 0 aliphatic carbocycles. The van der Waals surface area contributed by atoms with Crippen LogP contribution in [-0.4, -0.2) is 30.1 Å². The highest BCUT2D eigenvalue weighted by Crippen LogP contribution is 2.32. The van der Waals surface area contributed by atoms with Crippen LogP contribution >= 0.6 is 15.9 Å². The molecule has 1 N–H and O–H groups in total. The Bertz CT molecular complexity index is 625. The number of hydrogen-bond acceptors (Lipinski definition) is 2. The van der Waals surface area contributed by atoms with E-state index >= 15 is 0 Å². The number of benzene rings is 2. The fourth-order valence-corrected chi connectivity index (χ4v) is 2.80. The van der Waals surface area contributed by atoms with Gasteiger partial charge in [0.1, 0.15) is 0 Å². The molecule has 0 fully saturated rings. The van der Waals surface area contributed by atoms with Crippen molar-refractivity contribution in [2.45, 2.75) is 6.04 Å². The summed E-state index contributed by atoms with van der Waals surface area (Å²) in [5.41, 5.74) is 2.38. The van der Waals surface area contributed by atoms with Crippen LogP contribution in [0.2, 0.25) is 0 Å². The van der Waals surface area contributed by atoms with E-state index in [-0.39, 0.29) is 6.04 Å². The molecule has 0 aliphatic rings. The first-order valence-corrected chi connectivity index (χ1v) is 7.04. The van der Waals surface area contributed by atoms with Crippen molar-refractivity contribution in [3.8, 4) is 0 Å². The van der Waals surface area contributed by atoms with Crippen LogP contribution in [-0.2, 0) is 0 Å². The molecule has 20 heavy (non-hydrogen) atoms. The van der Waals surface area contributed by atoms with Crippen molar-refractivity contribution < 1.29 is 9.90 Å². The number of carboxylic acids is 1. The molecule has 0 heterocycles. The van der Waals surface area contributed by atoms with Crippen molar-refractivity contribution in [3.05, 3.63) is 69.7 Å². The van der Waals surface area contributed by atoms with E-state index in [4.69, 9.17) is 5.11 Å². The van der Waals surface area contributed by atoms with Gasteiger partial charge in [0, 0.05) is 4.47 Å². The van der Waals surface area contributed by atoms with Crippen LogP contribution in [0.3, 0.4) is 0 Å². The molecule has 1 unspecified atom stereocenters. The number of carboxylic acid groups (broad SMARTS) is 1. The van der Waals surface area contributed by atoms with Crippen molar-refractivity contribution in [2.75, 3.05) is 14.1 Å². The Balaban J connectivity index is 2.52. The maximum absolute atomic E-state index is 11.1. The van der Waals surface area contributed by atoms with Gasteiger partial charge in [-0.05, 0) is 43.4 Å². The molecule has 0 saturated heterocycles. The van der Waals surface area contributed by atoms with E-state index in [1.54, 1.807) is 18.2 Å². The van der Waals surface area contributed by atoms with Crippen LogP contribution in [0.25, 0.3) is 0 Å². The average Bonchev–Trinajstić information content (AvgIpc) is 2.41. The molecule has 0 amide bonds. The van der Waals surface area contributed by atoms with Gasteiger partial charge < -0.3 is 5.11 Å². The van der Waals surface area contributed by atoms with Crippen LogP contribution < -0.4 is 0 Å². The second-order valence-corrected chi connectivity index (χ2v) is 5.67. The maximum Gasteiger partial charge on any atom is 0.335 e. The van der Waals surface area contributed by atoms with E-state index in [9.17, 15) is 4.79 Å². The summed E-state index contributed by atoms with van der Waals surface area (Å²) >= 11 is 3.57. The molecule has 4 heteroatoms. The third-order valence-electron chi connectivity index (χ3n) is 3.17. The zero-order valence-corrected chi connectivity index (χ0v) is 13.0. The summed E-state index contributed by atoms with van der Waals surface area (Å²) < 4.78 is 1.01. The lowest BCUT2D eigenvalue weighted by molar-refractivity contribution is 0.0696. The Morgan fingerprint density at radius 3 is 2.45 bits per heavy atom. The smallest absolute Gasteiger partial charge is 0.335 e. The fourth-order valence-electron chi connectivity index (χ4n) is 2.29. The van der Waals surface area contributed by atoms with Gasteiger partial charge in [-0.2, -0.15) is 0 Å². The van der Waals surface area contributed by atoms with Gasteiger partial charge in [0.25, 0.3) is 0 Å². The Morgan fingerprint density at radius 2 is 1.85 bits per heavy atom. The van der Waals surface area contributed by atoms with Crippen LogP contribution in [0.4, 0.5) is 0 Å². The number of aromatic carboxylic acids is 1. The summed E-state index contributed by atoms with van der Waals surface area (Å²) in [7, 11) is 3.97. The number of carbonyl (C=O) groups is 1. The van der Waals surface area contributed by atoms with Crippen molar-refractivity contribution >= 4 is 21.9 Å². The number of rotatable bonds is 4. The maximum atomic E-state index is 11.1. The lowest BCUT2D eigenvalue weighted by atomic mass is 9.96. The third-order valence-corrected chi connectivity index (χ3v) is 3.89. The molecule has 0 spiro atoms. The first-order valence-electron chi connectivity index (χ1n) is 6.25. The Labute approximate surface area is 127 Å². The Kier molecular flexibility index (Phi) is 4.57. The molecule has 104 valence electrons. The summed E-state index contributed by atoms with van der Waals surface area (Å²) in [6.07, 6.45) is 0. The zero-order valence-electron chi connectivity index (χ0n) is 11.4. The van der Waals surface area contributed by atoms with Crippen molar-refractivity contribution in [3.63, 3.8) is 0 Å². The van der Waals surface area contributed by atoms with E-state index in [2.05, 4.69) is 20.8 Å². The molecular weight excluding hydrogens is 318 g/mol. The van der Waals surface area contributed by atoms with Crippen molar-refractivity contribution in [1.82, 2.24) is 4.90 Å². The quantitative estimate of drug-likeness (QED) is 0.925. The molecule has 3 nitrogen and oxygen atoms in total. The number of nitrogens with zero attached hydrogens (tertiary/aromatic N) is 1. The van der Waals surface area contributed by atoms with Crippen LogP contribution in [0.15, 0.2) is 53.0 Å². The number of hydrogen-bond donors (Lipinski definition) is 1. The summed E-state index contributed by atoms with van der Waals surface area (Å²) in [5, 5.41) is 9.13. The molecule has 0 saturated carbocycles. The summed E-state index contributed by atoms with van der Waals surface area (Å²) in [4.78, 5) is 13.2. The van der Waals surface area contributed by atoms with E-state index in [1.165, 1.54) is 0 Å². The van der Waals surface area contributed by atoms with Crippen molar-refractivity contribution in [1.29, 1.82) is 0 Å². The molecule has 2 aromatic rings. The standard InChI is InChI=1S/C16H16BrNO2/c1-18(2)15(13-8-3-4-9-14(13)17)11-6-5-7-12(10-11)16(19)20/h3-10,15H,1-2H3,(H,19,20). The van der Waals surface area contributed by atoms with Gasteiger partial charge in [-0.15, -0.1) is 0 Å². The Morgan fingerprint density at radius 1 is 1.15 bits per heavy atom. The van der Waals surface area contributed by atoms with E-state index in [0.29, 0.717) is 5.56 Å². The molecule has 0 bridgehead atoms. The fraction of sp³-hybridized carbons (Fsp3) is 0.188. The second-order valence-electron chi connectivity index (χ2n) is 4.82. The van der Waals surface area contributed by atoms with E-state index in [1.807, 2.05) is 44.4 Å². The second kappa shape index (κ2) is 6.20. The normalized spacial score (nSPS) is 12.4. The van der Waals surface area contributed by atoms with Gasteiger partial charge in [-0.25, -0.2) is 4.79 Å². The van der Waals surface area contributed by atoms with Crippen LogP contribution in [0, 0.1) is 0 Å². The van der Waals surface area contributed by atoms with E-state index < -0.39 is 5.97 Å². The molecule has 2 rings (SSSR count). The highest BCUT2D eigenvalue weighted by atomic mass is 79.9. The van der Waals surface area contributed by atoms with Gasteiger partial charge in [0.2, 0.25) is 0 Å². The first-order chi connectivity index (χ1) is 9.50. The van der Waals surface area contributed by atoms with Gasteiger partial charge in [-0.1, -0.05) is 46.3 Å². The third kappa shape index (κ3) is 3.08. The number of halogens is 1. The van der Waals surface area contributed by atoms with E-state index in [0.717, 1.165) is 15.6 Å². The predicted molar refractivity (Wildman–Crippen MR) is 83.1 cm³/mol. The largest absolute Gasteiger partial charge is 0.478 e. The summed E-state index contributed by atoms with van der Waals surface area (Å²) in [5.74, 6) is -0.906. The minimum Gasteiger partial charge on any atom is -0.478 e. The molecule has 0 aliphatic heterocycles. The monoisotopic (exact) mass is 333 g/mol. The molecule has 2 aromatic carbocycles. The van der Waals surface area contributed by atoms with Gasteiger partial charge >= 0.3 is 5.97 Å². The highest BCUT2D eigenvalue weighted by Gasteiger charge is 2.19. The molecule has 1 atom stereocenters. The highest BCUT2D eigenvalue weighted by molar-refractivity contribution is 9.10. The predicted octanol–water partition coefficient (Wildman–Crippen LogP) is 3.80. The molecular formula is C16H16BrNO2. The van der Waals surface area contributed by atoms with Gasteiger partial charge in [0.05, 0.1) is 11.6 Å². The van der Waals surface area contributed by atoms with Crippen molar-refractivity contribution in [2.24, 2.45) is 0 Å². The minimum absolute atomic E-state index is 0.00451. The first kappa shape index (κ1) is 14.8. The Hall–Kier alpha value is -1.65. The lowest BCUT2D eigenvalue weighted by Gasteiger charge is -2.26. The van der Waals surface area contributed by atoms with Crippen LogP contribution in [0.5, 0.6) is 0 Å². The topological polar surface area (TPSA) is 40.5 Å².